The van der Waals surface area contributed by atoms with Gasteiger partial charge in [0.1, 0.15) is 11.6 Å². The Bertz CT molecular complexity index is 676. The van der Waals surface area contributed by atoms with E-state index in [-0.39, 0.29) is 12.3 Å². The Balaban J connectivity index is 2.07. The first-order valence-electron chi connectivity index (χ1n) is 9.11. The van der Waals surface area contributed by atoms with Crippen molar-refractivity contribution in [3.8, 4) is 0 Å². The first kappa shape index (κ1) is 20.0. The SMILES string of the molecule is CC1=CCC(C(C)(C)OC(=O)C(CC(=O)O)Nc2ccc(C)cc2)CC1. The molecule has 1 aromatic rings. The number of rotatable bonds is 7. The van der Waals surface area contributed by atoms with E-state index in [1.165, 1.54) is 5.57 Å². The van der Waals surface area contributed by atoms with Crippen LogP contribution >= 0.6 is 0 Å². The Morgan fingerprint density at radius 2 is 1.92 bits per heavy atom. The van der Waals surface area contributed by atoms with Gasteiger partial charge in [-0.05, 0) is 59.1 Å². The van der Waals surface area contributed by atoms with Gasteiger partial charge in [0, 0.05) is 11.6 Å². The maximum Gasteiger partial charge on any atom is 0.329 e. The Kier molecular flexibility index (Phi) is 6.46. The van der Waals surface area contributed by atoms with Gasteiger partial charge in [0.05, 0.1) is 6.42 Å². The van der Waals surface area contributed by atoms with Gasteiger partial charge in [-0.25, -0.2) is 4.79 Å². The van der Waals surface area contributed by atoms with E-state index < -0.39 is 23.6 Å². The smallest absolute Gasteiger partial charge is 0.329 e. The normalized spacial score (nSPS) is 18.6. The van der Waals surface area contributed by atoms with Crippen molar-refractivity contribution in [3.05, 3.63) is 41.5 Å². The van der Waals surface area contributed by atoms with Crippen LogP contribution in [0.1, 0.15) is 52.0 Å². The summed E-state index contributed by atoms with van der Waals surface area (Å²) in [6.07, 6.45) is 4.72. The van der Waals surface area contributed by atoms with E-state index in [0.29, 0.717) is 5.69 Å². The second kappa shape index (κ2) is 8.39. The van der Waals surface area contributed by atoms with Gasteiger partial charge in [-0.1, -0.05) is 29.3 Å². The quantitative estimate of drug-likeness (QED) is 0.560. The van der Waals surface area contributed by atoms with E-state index in [9.17, 15) is 14.7 Å². The molecule has 5 nitrogen and oxygen atoms in total. The minimum absolute atomic E-state index is 0.236. The molecule has 0 heterocycles. The van der Waals surface area contributed by atoms with E-state index in [4.69, 9.17) is 4.74 Å². The fraction of sp³-hybridized carbons (Fsp3) is 0.524. The Hall–Kier alpha value is -2.30. The first-order valence-corrected chi connectivity index (χ1v) is 9.11. The minimum atomic E-state index is -1.04. The summed E-state index contributed by atoms with van der Waals surface area (Å²) in [6, 6.07) is 6.56. The van der Waals surface area contributed by atoms with Crippen LogP contribution < -0.4 is 5.32 Å². The van der Waals surface area contributed by atoms with Crippen molar-refractivity contribution in [2.24, 2.45) is 5.92 Å². The number of carboxylic acid groups (broad SMARTS) is 1. The number of hydrogen-bond donors (Lipinski definition) is 2. The molecule has 2 rings (SSSR count). The molecule has 0 bridgehead atoms. The molecule has 0 amide bonds. The maximum atomic E-state index is 12.7. The van der Waals surface area contributed by atoms with Crippen molar-refractivity contribution in [3.63, 3.8) is 0 Å². The van der Waals surface area contributed by atoms with Crippen molar-refractivity contribution in [2.45, 2.75) is 65.0 Å². The van der Waals surface area contributed by atoms with Crippen LogP contribution in [0, 0.1) is 12.8 Å². The second-order valence-electron chi connectivity index (χ2n) is 7.71. The topological polar surface area (TPSA) is 75.6 Å². The molecule has 0 aromatic heterocycles. The number of anilines is 1. The highest BCUT2D eigenvalue weighted by molar-refractivity contribution is 5.85. The van der Waals surface area contributed by atoms with Crippen LogP contribution in [0.2, 0.25) is 0 Å². The van der Waals surface area contributed by atoms with Gasteiger partial charge in [0.2, 0.25) is 0 Å². The van der Waals surface area contributed by atoms with Crippen LogP contribution in [0.15, 0.2) is 35.9 Å². The zero-order valence-corrected chi connectivity index (χ0v) is 16.0. The van der Waals surface area contributed by atoms with Crippen molar-refractivity contribution < 1.29 is 19.4 Å². The summed E-state index contributed by atoms with van der Waals surface area (Å²) in [4.78, 5) is 23.9. The molecule has 2 unspecified atom stereocenters. The molecule has 1 aliphatic carbocycles. The van der Waals surface area contributed by atoms with Crippen LogP contribution in [-0.2, 0) is 14.3 Å². The maximum absolute atomic E-state index is 12.7. The summed E-state index contributed by atoms with van der Waals surface area (Å²) in [5.41, 5.74) is 2.52. The number of nitrogens with one attached hydrogen (secondary N) is 1. The van der Waals surface area contributed by atoms with Gasteiger partial charge in [-0.3, -0.25) is 4.79 Å². The fourth-order valence-electron chi connectivity index (χ4n) is 3.23. The molecule has 142 valence electrons. The molecule has 5 heteroatoms. The third-order valence-electron chi connectivity index (χ3n) is 5.04. The Labute approximate surface area is 155 Å². The minimum Gasteiger partial charge on any atom is -0.481 e. The zero-order chi connectivity index (χ0) is 19.3. The molecule has 1 aromatic carbocycles. The zero-order valence-electron chi connectivity index (χ0n) is 16.0. The number of esters is 1. The Morgan fingerprint density at radius 1 is 1.27 bits per heavy atom. The molecule has 1 aliphatic rings. The summed E-state index contributed by atoms with van der Waals surface area (Å²) >= 11 is 0. The monoisotopic (exact) mass is 359 g/mol. The average Bonchev–Trinajstić information content (AvgIpc) is 2.56. The summed E-state index contributed by atoms with van der Waals surface area (Å²) < 4.78 is 5.78. The lowest BCUT2D eigenvalue weighted by Gasteiger charge is -2.36. The molecule has 0 saturated carbocycles. The second-order valence-corrected chi connectivity index (χ2v) is 7.71. The summed E-state index contributed by atoms with van der Waals surface area (Å²) in [5, 5.41) is 12.2. The van der Waals surface area contributed by atoms with Crippen molar-refractivity contribution in [1.29, 1.82) is 0 Å². The standard InChI is InChI=1S/C21H29NO4/c1-14-5-9-16(10-6-14)21(3,4)26-20(25)18(13-19(23)24)22-17-11-7-15(2)8-12-17/h5,7-8,11-12,16,18,22H,6,9-10,13H2,1-4H3,(H,23,24). The van der Waals surface area contributed by atoms with Gasteiger partial charge < -0.3 is 15.2 Å². The molecule has 0 fully saturated rings. The molecule has 0 radical (unpaired) electrons. The van der Waals surface area contributed by atoms with E-state index in [1.54, 1.807) is 0 Å². The summed E-state index contributed by atoms with van der Waals surface area (Å²) in [6.45, 7) is 7.90. The summed E-state index contributed by atoms with van der Waals surface area (Å²) in [5.74, 6) is -1.33. The van der Waals surface area contributed by atoms with E-state index in [2.05, 4.69) is 18.3 Å². The highest BCUT2D eigenvalue weighted by Crippen LogP contribution is 2.34. The number of hydrogen-bond acceptors (Lipinski definition) is 4. The van der Waals surface area contributed by atoms with Crippen LogP contribution in [0.25, 0.3) is 0 Å². The third kappa shape index (κ3) is 5.61. The van der Waals surface area contributed by atoms with E-state index >= 15 is 0 Å². The molecule has 0 saturated heterocycles. The average molecular weight is 359 g/mol. The number of ether oxygens (including phenoxy) is 1. The number of benzene rings is 1. The highest BCUT2D eigenvalue weighted by Gasteiger charge is 2.36. The van der Waals surface area contributed by atoms with Gasteiger partial charge in [0.25, 0.3) is 0 Å². The molecule has 2 atom stereocenters. The van der Waals surface area contributed by atoms with Crippen molar-refractivity contribution in [1.82, 2.24) is 0 Å². The number of carboxylic acids is 1. The number of allylic oxidation sites excluding steroid dienone is 2. The van der Waals surface area contributed by atoms with Crippen molar-refractivity contribution >= 4 is 17.6 Å². The number of carbonyl (C=O) groups excluding carboxylic acids is 1. The van der Waals surface area contributed by atoms with Crippen LogP contribution in [0.4, 0.5) is 5.69 Å². The Morgan fingerprint density at radius 3 is 2.46 bits per heavy atom. The van der Waals surface area contributed by atoms with E-state index in [0.717, 1.165) is 24.8 Å². The molecular weight excluding hydrogens is 330 g/mol. The van der Waals surface area contributed by atoms with Gasteiger partial charge >= 0.3 is 11.9 Å². The highest BCUT2D eigenvalue weighted by atomic mass is 16.6. The third-order valence-corrected chi connectivity index (χ3v) is 5.04. The van der Waals surface area contributed by atoms with Gasteiger partial charge in [0.15, 0.2) is 0 Å². The molecule has 26 heavy (non-hydrogen) atoms. The van der Waals surface area contributed by atoms with Gasteiger partial charge in [-0.2, -0.15) is 0 Å². The van der Waals surface area contributed by atoms with Crippen molar-refractivity contribution in [2.75, 3.05) is 5.32 Å². The predicted octanol–water partition coefficient (Wildman–Crippen LogP) is 4.32. The molecular formula is C21H29NO4. The van der Waals surface area contributed by atoms with Crippen LogP contribution in [0.5, 0.6) is 0 Å². The summed E-state index contributed by atoms with van der Waals surface area (Å²) in [7, 11) is 0. The lowest BCUT2D eigenvalue weighted by atomic mass is 9.79. The number of aryl methyl sites for hydroxylation is 1. The number of aliphatic carboxylic acids is 1. The van der Waals surface area contributed by atoms with Gasteiger partial charge in [-0.15, -0.1) is 0 Å². The molecule has 0 aliphatic heterocycles. The lowest BCUT2D eigenvalue weighted by Crippen LogP contribution is -2.43. The lowest BCUT2D eigenvalue weighted by molar-refractivity contribution is -0.164. The predicted molar refractivity (Wildman–Crippen MR) is 102 cm³/mol. The molecule has 2 N–H and O–H groups in total. The van der Waals surface area contributed by atoms with Crippen LogP contribution in [-0.4, -0.2) is 28.7 Å². The molecule has 0 spiro atoms. The first-order chi connectivity index (χ1) is 12.2. The van der Waals surface area contributed by atoms with E-state index in [1.807, 2.05) is 45.0 Å². The largest absolute Gasteiger partial charge is 0.481 e. The fourth-order valence-corrected chi connectivity index (χ4v) is 3.23. The van der Waals surface area contributed by atoms with Crippen LogP contribution in [0.3, 0.4) is 0 Å². The number of carbonyl (C=O) groups is 2.